The summed E-state index contributed by atoms with van der Waals surface area (Å²) < 4.78 is 0. The van der Waals surface area contributed by atoms with Crippen molar-refractivity contribution in [3.05, 3.63) is 12.2 Å². The molecular formula is C15H20N2O3. The number of hydrogen-bond donors (Lipinski definition) is 1. The van der Waals surface area contributed by atoms with Crippen LogP contribution in [0.5, 0.6) is 0 Å². The minimum atomic E-state index is -0.236. The average Bonchev–Trinajstić information content (AvgIpc) is 3.09. The van der Waals surface area contributed by atoms with Gasteiger partial charge in [0.05, 0.1) is 11.8 Å². The summed E-state index contributed by atoms with van der Waals surface area (Å²) in [5, 5.41) is 2.75. The van der Waals surface area contributed by atoms with Gasteiger partial charge in [-0.15, -0.1) is 0 Å². The highest BCUT2D eigenvalue weighted by molar-refractivity contribution is 6.08. The Morgan fingerprint density at radius 3 is 2.40 bits per heavy atom. The van der Waals surface area contributed by atoms with Crippen molar-refractivity contribution in [1.29, 1.82) is 0 Å². The Balaban J connectivity index is 1.63. The Hall–Kier alpha value is -1.65. The summed E-state index contributed by atoms with van der Waals surface area (Å²) in [5.41, 5.74) is 0. The van der Waals surface area contributed by atoms with Gasteiger partial charge >= 0.3 is 0 Å². The van der Waals surface area contributed by atoms with Crippen LogP contribution in [-0.2, 0) is 14.4 Å². The first kappa shape index (κ1) is 13.3. The maximum atomic E-state index is 12.3. The SMILES string of the molecule is CCCCNC(=O)CN1C(=O)[C@@H]2[C@H](C1=O)[C@@H]1C=C[C@H]2C1. The van der Waals surface area contributed by atoms with Crippen LogP contribution < -0.4 is 5.32 Å². The van der Waals surface area contributed by atoms with E-state index in [1.54, 1.807) is 0 Å². The molecule has 20 heavy (non-hydrogen) atoms. The highest BCUT2D eigenvalue weighted by atomic mass is 16.2. The van der Waals surface area contributed by atoms with Crippen LogP contribution in [0.25, 0.3) is 0 Å². The molecule has 2 fully saturated rings. The van der Waals surface area contributed by atoms with Crippen molar-refractivity contribution in [2.75, 3.05) is 13.1 Å². The van der Waals surface area contributed by atoms with Crippen LogP contribution in [-0.4, -0.2) is 35.7 Å². The molecule has 1 saturated carbocycles. The zero-order valence-corrected chi connectivity index (χ0v) is 11.7. The van der Waals surface area contributed by atoms with E-state index in [1.165, 1.54) is 4.90 Å². The third kappa shape index (κ3) is 1.96. The smallest absolute Gasteiger partial charge is 0.240 e. The predicted molar refractivity (Wildman–Crippen MR) is 72.4 cm³/mol. The summed E-state index contributed by atoms with van der Waals surface area (Å²) in [6.45, 7) is 2.53. The van der Waals surface area contributed by atoms with Crippen LogP contribution in [0, 0.1) is 23.7 Å². The molecule has 0 unspecified atom stereocenters. The number of carbonyl (C=O) groups is 3. The second-order valence-corrected chi connectivity index (χ2v) is 5.97. The maximum absolute atomic E-state index is 12.3. The molecule has 2 aliphatic carbocycles. The lowest BCUT2D eigenvalue weighted by Crippen LogP contribution is -2.42. The van der Waals surface area contributed by atoms with E-state index in [0.29, 0.717) is 6.54 Å². The molecule has 2 bridgehead atoms. The Morgan fingerprint density at radius 2 is 1.85 bits per heavy atom. The number of carbonyl (C=O) groups excluding carboxylic acids is 3. The summed E-state index contributed by atoms with van der Waals surface area (Å²) in [7, 11) is 0. The molecule has 0 aromatic heterocycles. The van der Waals surface area contributed by atoms with Gasteiger partial charge in [-0.3, -0.25) is 19.3 Å². The van der Waals surface area contributed by atoms with Crippen LogP contribution in [0.3, 0.4) is 0 Å². The fraction of sp³-hybridized carbons (Fsp3) is 0.667. The maximum Gasteiger partial charge on any atom is 0.240 e. The number of nitrogens with zero attached hydrogens (tertiary/aromatic N) is 1. The number of unbranched alkanes of at least 4 members (excludes halogenated alkanes) is 1. The van der Waals surface area contributed by atoms with Crippen molar-refractivity contribution in [3.63, 3.8) is 0 Å². The molecule has 4 atom stereocenters. The van der Waals surface area contributed by atoms with E-state index < -0.39 is 0 Å². The van der Waals surface area contributed by atoms with Crippen molar-refractivity contribution in [2.24, 2.45) is 23.7 Å². The summed E-state index contributed by atoms with van der Waals surface area (Å²) in [6.07, 6.45) is 6.95. The Kier molecular flexibility index (Phi) is 3.36. The second kappa shape index (κ2) is 5.04. The molecule has 5 nitrogen and oxygen atoms in total. The number of imide groups is 1. The Labute approximate surface area is 118 Å². The molecule has 108 valence electrons. The molecule has 1 heterocycles. The average molecular weight is 276 g/mol. The topological polar surface area (TPSA) is 66.5 Å². The Bertz CT molecular complexity index is 456. The van der Waals surface area contributed by atoms with Crippen molar-refractivity contribution >= 4 is 17.7 Å². The van der Waals surface area contributed by atoms with E-state index in [9.17, 15) is 14.4 Å². The van der Waals surface area contributed by atoms with Crippen molar-refractivity contribution in [1.82, 2.24) is 10.2 Å². The molecule has 3 amide bonds. The van der Waals surface area contributed by atoms with Gasteiger partial charge in [0.1, 0.15) is 6.54 Å². The zero-order valence-electron chi connectivity index (χ0n) is 11.7. The number of rotatable bonds is 5. The molecule has 0 spiro atoms. The summed E-state index contributed by atoms with van der Waals surface area (Å²) >= 11 is 0. The van der Waals surface area contributed by atoms with Gasteiger partial charge in [-0.1, -0.05) is 25.5 Å². The molecular weight excluding hydrogens is 256 g/mol. The van der Waals surface area contributed by atoms with Crippen molar-refractivity contribution in [3.8, 4) is 0 Å². The largest absolute Gasteiger partial charge is 0.355 e. The molecule has 1 aliphatic heterocycles. The number of fused-ring (bicyclic) bond motifs is 5. The lowest BCUT2D eigenvalue weighted by atomic mass is 9.85. The standard InChI is InChI=1S/C15H20N2O3/c1-2-3-6-16-11(18)8-17-14(19)12-9-4-5-10(7-9)13(12)15(17)20/h4-5,9-10,12-13H,2-3,6-8H2,1H3,(H,16,18)/t9-,10+,12-,13+. The van der Waals surface area contributed by atoms with Crippen LogP contribution in [0.4, 0.5) is 0 Å². The van der Waals surface area contributed by atoms with Crippen LogP contribution in [0.2, 0.25) is 0 Å². The van der Waals surface area contributed by atoms with E-state index in [0.717, 1.165) is 19.3 Å². The second-order valence-electron chi connectivity index (χ2n) is 5.97. The molecule has 1 saturated heterocycles. The molecule has 3 rings (SSSR count). The number of nitrogens with one attached hydrogen (secondary N) is 1. The van der Waals surface area contributed by atoms with Crippen LogP contribution in [0.15, 0.2) is 12.2 Å². The number of allylic oxidation sites excluding steroid dienone is 2. The van der Waals surface area contributed by atoms with E-state index in [-0.39, 0.29) is 47.9 Å². The zero-order chi connectivity index (χ0) is 14.3. The summed E-state index contributed by atoms with van der Waals surface area (Å²) in [6, 6.07) is 0. The van der Waals surface area contributed by atoms with E-state index >= 15 is 0 Å². The van der Waals surface area contributed by atoms with Gasteiger partial charge in [-0.25, -0.2) is 0 Å². The molecule has 5 heteroatoms. The normalized spacial score (nSPS) is 34.0. The van der Waals surface area contributed by atoms with E-state index in [4.69, 9.17) is 0 Å². The Morgan fingerprint density at radius 1 is 1.25 bits per heavy atom. The van der Waals surface area contributed by atoms with Gasteiger partial charge in [-0.2, -0.15) is 0 Å². The highest BCUT2D eigenvalue weighted by Crippen LogP contribution is 2.52. The number of hydrogen-bond acceptors (Lipinski definition) is 3. The minimum Gasteiger partial charge on any atom is -0.355 e. The van der Waals surface area contributed by atoms with Gasteiger partial charge in [0, 0.05) is 6.54 Å². The fourth-order valence-corrected chi connectivity index (χ4v) is 3.72. The van der Waals surface area contributed by atoms with E-state index in [2.05, 4.69) is 17.5 Å². The third-order valence-corrected chi connectivity index (χ3v) is 4.72. The van der Waals surface area contributed by atoms with E-state index in [1.807, 2.05) is 6.92 Å². The van der Waals surface area contributed by atoms with Crippen LogP contribution >= 0.6 is 0 Å². The first-order chi connectivity index (χ1) is 9.63. The molecule has 0 aromatic carbocycles. The lowest BCUT2D eigenvalue weighted by Gasteiger charge is -2.16. The van der Waals surface area contributed by atoms with Crippen LogP contribution in [0.1, 0.15) is 26.2 Å². The van der Waals surface area contributed by atoms with Gasteiger partial charge < -0.3 is 5.32 Å². The first-order valence-electron chi connectivity index (χ1n) is 7.43. The van der Waals surface area contributed by atoms with Gasteiger partial charge in [0.2, 0.25) is 17.7 Å². The molecule has 1 N–H and O–H groups in total. The van der Waals surface area contributed by atoms with Gasteiger partial charge in [0.15, 0.2) is 0 Å². The number of likely N-dealkylation sites (tertiary alicyclic amines) is 1. The van der Waals surface area contributed by atoms with Gasteiger partial charge in [0.25, 0.3) is 0 Å². The molecule has 0 aromatic rings. The minimum absolute atomic E-state index is 0.117. The quantitative estimate of drug-likeness (QED) is 0.457. The summed E-state index contributed by atoms with van der Waals surface area (Å²) in [4.78, 5) is 37.6. The number of amides is 3. The highest BCUT2D eigenvalue weighted by Gasteiger charge is 2.59. The first-order valence-corrected chi connectivity index (χ1v) is 7.43. The van der Waals surface area contributed by atoms with Crippen molar-refractivity contribution in [2.45, 2.75) is 26.2 Å². The van der Waals surface area contributed by atoms with Gasteiger partial charge in [-0.05, 0) is 24.7 Å². The lowest BCUT2D eigenvalue weighted by molar-refractivity contribution is -0.144. The molecule has 3 aliphatic rings. The van der Waals surface area contributed by atoms with Crippen molar-refractivity contribution < 1.29 is 14.4 Å². The monoisotopic (exact) mass is 276 g/mol. The summed E-state index contributed by atoms with van der Waals surface area (Å²) in [5.74, 6) is -0.545. The third-order valence-electron chi connectivity index (χ3n) is 4.72. The fourth-order valence-electron chi connectivity index (χ4n) is 3.72. The predicted octanol–water partition coefficient (Wildman–Crippen LogP) is 0.710. The molecule has 0 radical (unpaired) electrons.